The van der Waals surface area contributed by atoms with Crippen LogP contribution in [0.1, 0.15) is 10.4 Å². The minimum atomic E-state index is -0.463. The summed E-state index contributed by atoms with van der Waals surface area (Å²) in [5.74, 6) is 0.284. The van der Waals surface area contributed by atoms with Crippen LogP contribution in [0.25, 0.3) is 0 Å². The normalized spacial score (nSPS) is 16.8. The lowest BCUT2D eigenvalue weighted by Gasteiger charge is -2.22. The minimum Gasteiger partial charge on any atom is -0.366 e. The number of primary amides is 1. The summed E-state index contributed by atoms with van der Waals surface area (Å²) >= 11 is 0. The van der Waals surface area contributed by atoms with Gasteiger partial charge < -0.3 is 5.73 Å². The van der Waals surface area contributed by atoms with Crippen molar-refractivity contribution in [3.8, 4) is 0 Å². The minimum absolute atomic E-state index is 0.453. The van der Waals surface area contributed by atoms with Gasteiger partial charge in [-0.2, -0.15) is 0 Å². The molecular formula is C12H11N5O. The van der Waals surface area contributed by atoms with E-state index in [1.165, 1.54) is 0 Å². The highest BCUT2D eigenvalue weighted by atomic mass is 16.1. The number of fused-ring (bicyclic) bond motifs is 1. The number of nitrogens with zero attached hydrogens (tertiary/aromatic N) is 3. The predicted molar refractivity (Wildman–Crippen MR) is 68.1 cm³/mol. The number of carbonyl (C=O) groups is 1. The summed E-state index contributed by atoms with van der Waals surface area (Å²) in [5, 5.41) is 3.46. The van der Waals surface area contributed by atoms with Gasteiger partial charge in [0.05, 0.1) is 17.5 Å². The number of allylic oxidation sites excluding steroid dienone is 1. The summed E-state index contributed by atoms with van der Waals surface area (Å²) in [7, 11) is 0. The van der Waals surface area contributed by atoms with E-state index in [9.17, 15) is 4.79 Å². The van der Waals surface area contributed by atoms with Gasteiger partial charge >= 0.3 is 0 Å². The molecule has 0 unspecified atom stereocenters. The predicted octanol–water partition coefficient (Wildman–Crippen LogP) is 0.724. The molecule has 6 heteroatoms. The fourth-order valence-corrected chi connectivity index (χ4v) is 1.84. The largest absolute Gasteiger partial charge is 0.366 e. The summed E-state index contributed by atoms with van der Waals surface area (Å²) in [6.45, 7) is 0. The van der Waals surface area contributed by atoms with Gasteiger partial charge in [-0.3, -0.25) is 9.80 Å². The maximum absolute atomic E-state index is 11.4. The molecular weight excluding hydrogens is 230 g/mol. The molecule has 3 N–H and O–H groups in total. The van der Waals surface area contributed by atoms with Crippen LogP contribution in [0.15, 0.2) is 53.6 Å². The van der Waals surface area contributed by atoms with Crippen molar-refractivity contribution in [2.75, 3.05) is 5.01 Å². The van der Waals surface area contributed by atoms with Crippen molar-refractivity contribution in [1.82, 2.24) is 10.5 Å². The molecule has 0 aliphatic carbocycles. The molecule has 6 nitrogen and oxygen atoms in total. The number of benzene rings is 1. The lowest BCUT2D eigenvalue weighted by molar-refractivity contribution is 0.100. The van der Waals surface area contributed by atoms with Crippen molar-refractivity contribution in [1.29, 1.82) is 0 Å². The van der Waals surface area contributed by atoms with Crippen molar-refractivity contribution < 1.29 is 4.79 Å². The first-order chi connectivity index (χ1) is 8.75. The monoisotopic (exact) mass is 241 g/mol. The molecule has 0 bridgehead atoms. The molecule has 1 amide bonds. The second kappa shape index (κ2) is 4.01. The molecule has 90 valence electrons. The molecule has 0 radical (unpaired) electrons. The number of nitrogens with one attached hydrogen (secondary N) is 1. The molecule has 0 aromatic heterocycles. The van der Waals surface area contributed by atoms with E-state index < -0.39 is 5.91 Å². The van der Waals surface area contributed by atoms with Crippen LogP contribution in [0, 0.1) is 0 Å². The number of carbonyl (C=O) groups excluding carboxylic acids is 1. The van der Waals surface area contributed by atoms with E-state index in [-0.39, 0.29) is 0 Å². The Balaban J connectivity index is 1.98. The number of hydrogen-bond donors (Lipinski definition) is 2. The van der Waals surface area contributed by atoms with Crippen LogP contribution in [0.5, 0.6) is 0 Å². The fraction of sp³-hybridized carbons (Fsp3) is 0. The molecule has 2 aliphatic rings. The summed E-state index contributed by atoms with van der Waals surface area (Å²) in [5.41, 5.74) is 9.57. The molecule has 0 fully saturated rings. The van der Waals surface area contributed by atoms with Crippen molar-refractivity contribution in [2.45, 2.75) is 0 Å². The number of rotatable bonds is 2. The molecule has 0 atom stereocenters. The third-order valence-corrected chi connectivity index (χ3v) is 2.66. The molecule has 2 aliphatic heterocycles. The second-order valence-electron chi connectivity index (χ2n) is 3.83. The first-order valence-corrected chi connectivity index (χ1v) is 5.42. The Bertz CT molecular complexity index is 590. The van der Waals surface area contributed by atoms with Gasteiger partial charge in [0.1, 0.15) is 0 Å². The number of anilines is 1. The number of para-hydroxylation sites is 1. The van der Waals surface area contributed by atoms with Crippen LogP contribution in [0.4, 0.5) is 5.69 Å². The van der Waals surface area contributed by atoms with E-state index in [4.69, 9.17) is 5.73 Å². The summed E-state index contributed by atoms with van der Waals surface area (Å²) in [6.07, 6.45) is 7.15. The highest BCUT2D eigenvalue weighted by Crippen LogP contribution is 2.24. The molecule has 0 saturated heterocycles. The number of nitrogens with two attached hydrogens (primary N) is 1. The summed E-state index contributed by atoms with van der Waals surface area (Å²) < 4.78 is 0. The van der Waals surface area contributed by atoms with Gasteiger partial charge in [0, 0.05) is 12.4 Å². The number of hydrazine groups is 2. The molecule has 0 spiro atoms. The lowest BCUT2D eigenvalue weighted by atomic mass is 10.1. The standard InChI is InChI=1S/C12H11N5O/c13-12(18)9-4-1-2-5-10(9)17-8-11-14-6-3-7-16(11)15-17/h1-8,15H,(H2,13,18). The zero-order valence-corrected chi connectivity index (χ0v) is 9.45. The molecule has 2 heterocycles. The summed E-state index contributed by atoms with van der Waals surface area (Å²) in [6, 6.07) is 7.13. The average molecular weight is 241 g/mol. The van der Waals surface area contributed by atoms with Gasteiger partial charge in [0.25, 0.3) is 5.91 Å². The molecule has 3 rings (SSSR count). The zero-order valence-electron chi connectivity index (χ0n) is 9.45. The summed E-state index contributed by atoms with van der Waals surface area (Å²) in [4.78, 5) is 15.6. The van der Waals surface area contributed by atoms with Gasteiger partial charge in [0.2, 0.25) is 0 Å². The van der Waals surface area contributed by atoms with Crippen LogP contribution in [-0.2, 0) is 0 Å². The van der Waals surface area contributed by atoms with Crippen LogP contribution < -0.4 is 16.3 Å². The number of hydrogen-bond acceptors (Lipinski definition) is 5. The Morgan fingerprint density at radius 1 is 1.28 bits per heavy atom. The van der Waals surface area contributed by atoms with E-state index in [2.05, 4.69) is 10.5 Å². The van der Waals surface area contributed by atoms with Crippen LogP contribution in [0.2, 0.25) is 0 Å². The van der Waals surface area contributed by atoms with Crippen LogP contribution in [0.3, 0.4) is 0 Å². The maximum atomic E-state index is 11.4. The lowest BCUT2D eigenvalue weighted by Crippen LogP contribution is -2.38. The van der Waals surface area contributed by atoms with Crippen molar-refractivity contribution in [3.05, 3.63) is 54.1 Å². The molecule has 0 saturated carbocycles. The maximum Gasteiger partial charge on any atom is 0.250 e. The SMILES string of the molecule is NC(=O)c1ccccc1N1C=C2N=CC=CN2N1. The third-order valence-electron chi connectivity index (χ3n) is 2.66. The van der Waals surface area contributed by atoms with E-state index in [0.717, 1.165) is 5.82 Å². The highest BCUT2D eigenvalue weighted by molar-refractivity contribution is 5.98. The van der Waals surface area contributed by atoms with Gasteiger partial charge in [-0.05, 0) is 18.2 Å². The fourth-order valence-electron chi connectivity index (χ4n) is 1.84. The van der Waals surface area contributed by atoms with E-state index in [0.29, 0.717) is 11.3 Å². The van der Waals surface area contributed by atoms with E-state index in [1.807, 2.05) is 24.4 Å². The average Bonchev–Trinajstić information content (AvgIpc) is 2.82. The Morgan fingerprint density at radius 3 is 2.89 bits per heavy atom. The number of aliphatic imine (C=N–C) groups is 1. The van der Waals surface area contributed by atoms with Gasteiger partial charge in [-0.25, -0.2) is 10.0 Å². The Morgan fingerprint density at radius 2 is 2.11 bits per heavy atom. The number of amides is 1. The van der Waals surface area contributed by atoms with Crippen LogP contribution >= 0.6 is 0 Å². The van der Waals surface area contributed by atoms with E-state index >= 15 is 0 Å². The third kappa shape index (κ3) is 1.64. The van der Waals surface area contributed by atoms with Crippen molar-refractivity contribution >= 4 is 17.8 Å². The van der Waals surface area contributed by atoms with E-state index in [1.54, 1.807) is 34.6 Å². The van der Waals surface area contributed by atoms with Gasteiger partial charge in [-0.15, -0.1) is 5.53 Å². The van der Waals surface area contributed by atoms with Crippen molar-refractivity contribution in [3.63, 3.8) is 0 Å². The Hall–Kier alpha value is -2.60. The molecule has 1 aromatic carbocycles. The molecule has 1 aromatic rings. The van der Waals surface area contributed by atoms with Gasteiger partial charge in [0.15, 0.2) is 5.82 Å². The Labute approximate surface area is 104 Å². The van der Waals surface area contributed by atoms with Crippen molar-refractivity contribution in [2.24, 2.45) is 10.7 Å². The quantitative estimate of drug-likeness (QED) is 0.800. The first-order valence-electron chi connectivity index (χ1n) is 5.42. The Kier molecular flexibility index (Phi) is 2.35. The van der Waals surface area contributed by atoms with Gasteiger partial charge in [-0.1, -0.05) is 12.1 Å². The first kappa shape index (κ1) is 10.5. The van der Waals surface area contributed by atoms with Crippen LogP contribution in [-0.4, -0.2) is 17.1 Å². The topological polar surface area (TPSA) is 74.0 Å². The highest BCUT2D eigenvalue weighted by Gasteiger charge is 2.23. The molecule has 18 heavy (non-hydrogen) atoms. The second-order valence-corrected chi connectivity index (χ2v) is 3.83. The smallest absolute Gasteiger partial charge is 0.250 e. The zero-order chi connectivity index (χ0) is 12.5.